The van der Waals surface area contributed by atoms with Crippen molar-refractivity contribution >= 4 is 37.5 Å². The summed E-state index contributed by atoms with van der Waals surface area (Å²) in [4.78, 5) is 16.7. The lowest BCUT2D eigenvalue weighted by Crippen LogP contribution is -2.50. The zero-order valence-corrected chi connectivity index (χ0v) is 20.2. The first-order chi connectivity index (χ1) is 16.3. The highest BCUT2D eigenvalue weighted by atomic mass is 32.2. The maximum absolute atomic E-state index is 13.2. The van der Waals surface area contributed by atoms with Gasteiger partial charge < -0.3 is 4.90 Å². The Hall–Kier alpha value is -3.08. The number of halogens is 1. The third kappa shape index (κ3) is 4.24. The van der Waals surface area contributed by atoms with Crippen LogP contribution in [-0.2, 0) is 16.6 Å². The smallest absolute Gasteiger partial charge is 0.264 e. The minimum atomic E-state index is -3.57. The first kappa shape index (κ1) is 22.7. The molecule has 4 aromatic rings. The molecule has 0 aliphatic carbocycles. The number of aromatic nitrogens is 2. The summed E-state index contributed by atoms with van der Waals surface area (Å²) in [6.45, 7) is 3.56. The number of thiophene rings is 1. The van der Waals surface area contributed by atoms with Crippen LogP contribution in [0.2, 0.25) is 0 Å². The standard InChI is InChI=1S/C24H23FN4O3S2/c1-17-21-15-22(33-24(21)29(26-17)16-18-7-9-19(25)10-8-18)23(30)27-11-13-28(14-12-27)34(31,32)20-5-3-2-4-6-20/h2-10,15H,11-14,16H2,1H3. The molecule has 0 unspecified atom stereocenters. The Morgan fingerprint density at radius 1 is 1.03 bits per heavy atom. The molecule has 2 aromatic heterocycles. The summed E-state index contributed by atoms with van der Waals surface area (Å²) < 4.78 is 42.2. The van der Waals surface area contributed by atoms with Crippen LogP contribution >= 0.6 is 11.3 Å². The first-order valence-corrected chi connectivity index (χ1v) is 13.1. The van der Waals surface area contributed by atoms with Gasteiger partial charge >= 0.3 is 0 Å². The number of sulfonamides is 1. The summed E-state index contributed by atoms with van der Waals surface area (Å²) in [5, 5.41) is 5.50. The number of amides is 1. The van der Waals surface area contributed by atoms with E-state index < -0.39 is 10.0 Å². The van der Waals surface area contributed by atoms with Gasteiger partial charge in [-0.25, -0.2) is 12.8 Å². The lowest BCUT2D eigenvalue weighted by atomic mass is 10.2. The van der Waals surface area contributed by atoms with E-state index in [2.05, 4.69) is 5.10 Å². The number of carbonyl (C=O) groups excluding carboxylic acids is 1. The third-order valence-electron chi connectivity index (χ3n) is 5.97. The number of aryl methyl sites for hydroxylation is 1. The van der Waals surface area contributed by atoms with Crippen molar-refractivity contribution in [2.75, 3.05) is 26.2 Å². The summed E-state index contributed by atoms with van der Waals surface area (Å²) in [6.07, 6.45) is 0. The van der Waals surface area contributed by atoms with Crippen molar-refractivity contribution in [3.05, 3.63) is 82.6 Å². The number of rotatable bonds is 5. The van der Waals surface area contributed by atoms with Crippen molar-refractivity contribution in [2.24, 2.45) is 0 Å². The number of hydrogen-bond donors (Lipinski definition) is 0. The van der Waals surface area contributed by atoms with E-state index in [1.807, 2.05) is 17.7 Å². The van der Waals surface area contributed by atoms with Gasteiger partial charge in [0.25, 0.3) is 5.91 Å². The predicted molar refractivity (Wildman–Crippen MR) is 129 cm³/mol. The Balaban J connectivity index is 1.31. The van der Waals surface area contributed by atoms with E-state index in [1.165, 1.54) is 27.8 Å². The highest BCUT2D eigenvalue weighted by Gasteiger charge is 2.31. The molecule has 1 fully saturated rings. The molecule has 0 radical (unpaired) electrons. The van der Waals surface area contributed by atoms with E-state index in [9.17, 15) is 17.6 Å². The van der Waals surface area contributed by atoms with Crippen LogP contribution < -0.4 is 0 Å². The van der Waals surface area contributed by atoms with Gasteiger partial charge in [-0.05, 0) is 42.8 Å². The molecule has 34 heavy (non-hydrogen) atoms. The second kappa shape index (κ2) is 8.94. The summed E-state index contributed by atoms with van der Waals surface area (Å²) in [6, 6.07) is 16.5. The van der Waals surface area contributed by atoms with E-state index in [-0.39, 0.29) is 29.7 Å². The predicted octanol–water partition coefficient (Wildman–Crippen LogP) is 3.74. The normalized spacial score (nSPS) is 15.2. The number of nitrogens with zero attached hydrogens (tertiary/aromatic N) is 4. The van der Waals surface area contributed by atoms with Crippen LogP contribution in [0.25, 0.3) is 10.2 Å². The number of fused-ring (bicyclic) bond motifs is 1. The van der Waals surface area contributed by atoms with Gasteiger partial charge in [0.05, 0.1) is 22.0 Å². The van der Waals surface area contributed by atoms with Gasteiger partial charge in [0.1, 0.15) is 10.6 Å². The quantitative estimate of drug-likeness (QED) is 0.420. The van der Waals surface area contributed by atoms with Crippen molar-refractivity contribution in [1.29, 1.82) is 0 Å². The van der Waals surface area contributed by atoms with Gasteiger partial charge in [-0.2, -0.15) is 9.40 Å². The van der Waals surface area contributed by atoms with E-state index in [4.69, 9.17) is 0 Å². The molecule has 1 saturated heterocycles. The Kier molecular flexibility index (Phi) is 5.97. The summed E-state index contributed by atoms with van der Waals surface area (Å²) in [5.41, 5.74) is 1.74. The molecular weight excluding hydrogens is 475 g/mol. The van der Waals surface area contributed by atoms with Gasteiger partial charge in [-0.1, -0.05) is 30.3 Å². The van der Waals surface area contributed by atoms with Crippen molar-refractivity contribution < 1.29 is 17.6 Å². The van der Waals surface area contributed by atoms with Crippen LogP contribution in [0.5, 0.6) is 0 Å². The second-order valence-corrected chi connectivity index (χ2v) is 11.2. The van der Waals surface area contributed by atoms with Crippen LogP contribution in [0, 0.1) is 12.7 Å². The molecule has 0 N–H and O–H groups in total. The molecule has 176 valence electrons. The van der Waals surface area contributed by atoms with Crippen molar-refractivity contribution in [1.82, 2.24) is 19.0 Å². The van der Waals surface area contributed by atoms with Crippen LogP contribution in [0.1, 0.15) is 20.9 Å². The fourth-order valence-electron chi connectivity index (χ4n) is 4.12. The van der Waals surface area contributed by atoms with Gasteiger partial charge in [0, 0.05) is 31.6 Å². The van der Waals surface area contributed by atoms with Crippen molar-refractivity contribution in [2.45, 2.75) is 18.4 Å². The molecule has 0 atom stereocenters. The number of carbonyl (C=O) groups is 1. The molecule has 3 heterocycles. The molecule has 1 amide bonds. The zero-order chi connectivity index (χ0) is 23.9. The molecule has 7 nitrogen and oxygen atoms in total. The number of benzene rings is 2. The first-order valence-electron chi connectivity index (χ1n) is 10.9. The van der Waals surface area contributed by atoms with E-state index in [0.717, 1.165) is 21.5 Å². The lowest BCUT2D eigenvalue weighted by Gasteiger charge is -2.33. The van der Waals surface area contributed by atoms with Crippen LogP contribution in [0.15, 0.2) is 65.6 Å². The zero-order valence-electron chi connectivity index (χ0n) is 18.5. The molecule has 10 heteroatoms. The van der Waals surface area contributed by atoms with Crippen LogP contribution in [0.3, 0.4) is 0 Å². The summed E-state index contributed by atoms with van der Waals surface area (Å²) in [5.74, 6) is -0.392. The minimum Gasteiger partial charge on any atom is -0.335 e. The van der Waals surface area contributed by atoms with E-state index in [1.54, 1.807) is 47.4 Å². The Morgan fingerprint density at radius 2 is 1.71 bits per heavy atom. The average Bonchev–Trinajstić information content (AvgIpc) is 3.42. The number of piperazine rings is 1. The monoisotopic (exact) mass is 498 g/mol. The molecule has 1 aliphatic rings. The molecule has 2 aromatic carbocycles. The highest BCUT2D eigenvalue weighted by Crippen LogP contribution is 2.30. The average molecular weight is 499 g/mol. The Bertz CT molecular complexity index is 1440. The molecule has 0 bridgehead atoms. The highest BCUT2D eigenvalue weighted by molar-refractivity contribution is 7.89. The van der Waals surface area contributed by atoms with Gasteiger partial charge in [0.2, 0.25) is 10.0 Å². The molecule has 0 spiro atoms. The van der Waals surface area contributed by atoms with Gasteiger partial charge in [-0.15, -0.1) is 11.3 Å². The fourth-order valence-corrected chi connectivity index (χ4v) is 6.69. The Morgan fingerprint density at radius 3 is 2.38 bits per heavy atom. The second-order valence-electron chi connectivity index (χ2n) is 8.21. The third-order valence-corrected chi connectivity index (χ3v) is 9.02. The summed E-state index contributed by atoms with van der Waals surface area (Å²) >= 11 is 1.38. The molecule has 0 saturated carbocycles. The number of hydrogen-bond acceptors (Lipinski definition) is 5. The van der Waals surface area contributed by atoms with Gasteiger partial charge in [0.15, 0.2) is 0 Å². The van der Waals surface area contributed by atoms with Crippen LogP contribution in [0.4, 0.5) is 4.39 Å². The van der Waals surface area contributed by atoms with E-state index in [0.29, 0.717) is 24.5 Å². The SMILES string of the molecule is Cc1nn(Cc2ccc(F)cc2)c2sc(C(=O)N3CCN(S(=O)(=O)c4ccccc4)CC3)cc12. The molecular formula is C24H23FN4O3S2. The Labute approximate surface area is 201 Å². The molecule has 5 rings (SSSR count). The fraction of sp³-hybridized carbons (Fsp3) is 0.250. The van der Waals surface area contributed by atoms with Crippen LogP contribution in [-0.4, -0.2) is 59.5 Å². The van der Waals surface area contributed by atoms with Crippen molar-refractivity contribution in [3.8, 4) is 0 Å². The maximum atomic E-state index is 13.2. The molecule has 1 aliphatic heterocycles. The van der Waals surface area contributed by atoms with E-state index >= 15 is 0 Å². The topological polar surface area (TPSA) is 75.5 Å². The van der Waals surface area contributed by atoms with Crippen molar-refractivity contribution in [3.63, 3.8) is 0 Å². The lowest BCUT2D eigenvalue weighted by molar-refractivity contribution is 0.0703. The minimum absolute atomic E-state index is 0.106. The maximum Gasteiger partial charge on any atom is 0.264 e. The van der Waals surface area contributed by atoms with Gasteiger partial charge in [-0.3, -0.25) is 9.48 Å². The largest absolute Gasteiger partial charge is 0.335 e. The summed E-state index contributed by atoms with van der Waals surface area (Å²) in [7, 11) is -3.57.